The maximum absolute atomic E-state index is 12.4. The highest BCUT2D eigenvalue weighted by atomic mass is 35.5. The molecule has 0 saturated carbocycles. The summed E-state index contributed by atoms with van der Waals surface area (Å²) in [6, 6.07) is 9.54. The Balaban J connectivity index is 1.70. The van der Waals surface area contributed by atoms with Crippen molar-refractivity contribution in [1.82, 2.24) is 4.72 Å². The van der Waals surface area contributed by atoms with Crippen LogP contribution in [0.1, 0.15) is 17.2 Å². The summed E-state index contributed by atoms with van der Waals surface area (Å²) in [6.45, 7) is 0.478. The van der Waals surface area contributed by atoms with Gasteiger partial charge in [-0.2, -0.15) is 0 Å². The van der Waals surface area contributed by atoms with Crippen LogP contribution in [-0.4, -0.2) is 33.8 Å². The lowest BCUT2D eigenvalue weighted by Crippen LogP contribution is -2.28. The van der Waals surface area contributed by atoms with Gasteiger partial charge in [0.2, 0.25) is 10.0 Å². The molecule has 0 radical (unpaired) electrons. The number of methoxy groups -OCH3 is 1. The monoisotopic (exact) mass is 383 g/mol. The van der Waals surface area contributed by atoms with E-state index in [2.05, 4.69) is 4.72 Å². The van der Waals surface area contributed by atoms with Crippen LogP contribution in [0, 0.1) is 0 Å². The summed E-state index contributed by atoms with van der Waals surface area (Å²) in [4.78, 5) is 0.00727. The summed E-state index contributed by atoms with van der Waals surface area (Å²) in [6.07, 6.45) is -0.180. The maximum atomic E-state index is 12.4. The van der Waals surface area contributed by atoms with Crippen LogP contribution in [0.2, 0.25) is 5.02 Å². The number of hydrogen-bond acceptors (Lipinski definition) is 5. The number of halogens is 1. The Kier molecular flexibility index (Phi) is 5.19. The number of nitrogens with one attached hydrogen (secondary N) is 1. The van der Waals surface area contributed by atoms with Crippen LogP contribution in [0.4, 0.5) is 0 Å². The van der Waals surface area contributed by atoms with E-state index in [1.54, 1.807) is 12.1 Å². The van der Waals surface area contributed by atoms with Crippen molar-refractivity contribution >= 4 is 21.6 Å². The first kappa shape index (κ1) is 18.0. The molecule has 8 heteroatoms. The lowest BCUT2D eigenvalue weighted by atomic mass is 10.0. The summed E-state index contributed by atoms with van der Waals surface area (Å²) in [5.41, 5.74) is 1.65. The van der Waals surface area contributed by atoms with Crippen molar-refractivity contribution < 1.29 is 23.0 Å². The standard InChI is InChI=1S/C17H18ClNO5S/c1-23-17-5-3-13(9-14(17)18)25(21,22)19-10-15(20)11-2-4-16-12(8-11)6-7-24-16/h2-5,8-9,15,19-20H,6-7,10H2,1H3. The average Bonchev–Trinajstić information content (AvgIpc) is 3.07. The summed E-state index contributed by atoms with van der Waals surface area (Å²) in [7, 11) is -2.35. The number of ether oxygens (including phenoxy) is 2. The second-order valence-corrected chi connectivity index (χ2v) is 7.80. The smallest absolute Gasteiger partial charge is 0.240 e. The van der Waals surface area contributed by atoms with Crippen molar-refractivity contribution in [3.63, 3.8) is 0 Å². The first-order chi connectivity index (χ1) is 11.9. The van der Waals surface area contributed by atoms with Crippen LogP contribution < -0.4 is 14.2 Å². The molecule has 0 spiro atoms. The molecule has 2 aromatic rings. The molecule has 0 amide bonds. The number of aliphatic hydroxyl groups excluding tert-OH is 1. The third-order valence-corrected chi connectivity index (χ3v) is 5.72. The van der Waals surface area contributed by atoms with Gasteiger partial charge in [0.25, 0.3) is 0 Å². The molecule has 0 aliphatic carbocycles. The van der Waals surface area contributed by atoms with E-state index in [-0.39, 0.29) is 16.5 Å². The van der Waals surface area contributed by atoms with Gasteiger partial charge in [-0.1, -0.05) is 17.7 Å². The molecule has 2 aromatic carbocycles. The molecule has 0 aromatic heterocycles. The largest absolute Gasteiger partial charge is 0.495 e. The van der Waals surface area contributed by atoms with Gasteiger partial charge in [-0.3, -0.25) is 0 Å². The van der Waals surface area contributed by atoms with Crippen molar-refractivity contribution in [1.29, 1.82) is 0 Å². The van der Waals surface area contributed by atoms with E-state index >= 15 is 0 Å². The minimum absolute atomic E-state index is 0.00727. The van der Waals surface area contributed by atoms with Crippen LogP contribution in [0.5, 0.6) is 11.5 Å². The Bertz CT molecular complexity index is 885. The van der Waals surface area contributed by atoms with Gasteiger partial charge in [-0.15, -0.1) is 0 Å². The van der Waals surface area contributed by atoms with Gasteiger partial charge in [0, 0.05) is 13.0 Å². The molecule has 25 heavy (non-hydrogen) atoms. The van der Waals surface area contributed by atoms with Gasteiger partial charge in [-0.05, 0) is 41.5 Å². The Labute approximate surface area is 151 Å². The van der Waals surface area contributed by atoms with Crippen molar-refractivity contribution in [2.75, 3.05) is 20.3 Å². The molecule has 0 bridgehead atoms. The Morgan fingerprint density at radius 2 is 2.12 bits per heavy atom. The van der Waals surface area contributed by atoms with Gasteiger partial charge in [0.15, 0.2) is 0 Å². The fraction of sp³-hybridized carbons (Fsp3) is 0.294. The van der Waals surface area contributed by atoms with Gasteiger partial charge >= 0.3 is 0 Å². The third kappa shape index (κ3) is 3.90. The zero-order valence-corrected chi connectivity index (χ0v) is 15.1. The van der Waals surface area contributed by atoms with Gasteiger partial charge in [-0.25, -0.2) is 13.1 Å². The number of aliphatic hydroxyl groups is 1. The van der Waals surface area contributed by atoms with E-state index in [4.69, 9.17) is 21.1 Å². The molecule has 1 heterocycles. The number of sulfonamides is 1. The Morgan fingerprint density at radius 3 is 2.84 bits per heavy atom. The molecule has 1 unspecified atom stereocenters. The molecule has 134 valence electrons. The third-order valence-electron chi connectivity index (χ3n) is 4.00. The van der Waals surface area contributed by atoms with Crippen molar-refractivity contribution in [3.05, 3.63) is 52.5 Å². The first-order valence-electron chi connectivity index (χ1n) is 7.67. The minimum Gasteiger partial charge on any atom is -0.495 e. The van der Waals surface area contributed by atoms with E-state index < -0.39 is 16.1 Å². The Morgan fingerprint density at radius 1 is 1.32 bits per heavy atom. The van der Waals surface area contributed by atoms with Gasteiger partial charge < -0.3 is 14.6 Å². The topological polar surface area (TPSA) is 84.9 Å². The van der Waals surface area contributed by atoms with Crippen LogP contribution in [0.15, 0.2) is 41.3 Å². The first-order valence-corrected chi connectivity index (χ1v) is 9.54. The molecule has 0 saturated heterocycles. The molecule has 6 nitrogen and oxygen atoms in total. The lowest BCUT2D eigenvalue weighted by molar-refractivity contribution is 0.182. The average molecular weight is 384 g/mol. The zero-order valence-electron chi connectivity index (χ0n) is 13.5. The summed E-state index contributed by atoms with van der Waals surface area (Å²) >= 11 is 5.97. The summed E-state index contributed by atoms with van der Waals surface area (Å²) < 4.78 is 37.6. The van der Waals surface area contributed by atoms with Crippen LogP contribution >= 0.6 is 11.6 Å². The molecule has 3 rings (SSSR count). The van der Waals surface area contributed by atoms with Crippen LogP contribution in [-0.2, 0) is 16.4 Å². The lowest BCUT2D eigenvalue weighted by Gasteiger charge is -2.14. The predicted octanol–water partition coefficient (Wildman–Crippen LogP) is 2.30. The second kappa shape index (κ2) is 7.21. The zero-order chi connectivity index (χ0) is 18.0. The van der Waals surface area contributed by atoms with Crippen molar-refractivity contribution in [2.45, 2.75) is 17.4 Å². The number of hydrogen-bond donors (Lipinski definition) is 2. The number of fused-ring (bicyclic) bond motifs is 1. The molecule has 1 atom stereocenters. The van der Waals surface area contributed by atoms with Crippen LogP contribution in [0.3, 0.4) is 0 Å². The van der Waals surface area contributed by atoms with Crippen LogP contribution in [0.25, 0.3) is 0 Å². The fourth-order valence-corrected chi connectivity index (χ4v) is 4.00. The molecule has 1 aliphatic heterocycles. The number of rotatable bonds is 6. The quantitative estimate of drug-likeness (QED) is 0.799. The highest BCUT2D eigenvalue weighted by Crippen LogP contribution is 2.29. The van der Waals surface area contributed by atoms with Crippen molar-refractivity contribution in [2.24, 2.45) is 0 Å². The van der Waals surface area contributed by atoms with E-state index in [0.29, 0.717) is 17.9 Å². The SMILES string of the molecule is COc1ccc(S(=O)(=O)NCC(O)c2ccc3c(c2)CCO3)cc1Cl. The molecule has 0 fully saturated rings. The normalized spacial score (nSPS) is 14.7. The van der Waals surface area contributed by atoms with Gasteiger partial charge in [0.05, 0.1) is 29.7 Å². The molecular formula is C17H18ClNO5S. The fourth-order valence-electron chi connectivity index (χ4n) is 2.62. The van der Waals surface area contributed by atoms with E-state index in [1.807, 2.05) is 6.07 Å². The van der Waals surface area contributed by atoms with Crippen molar-refractivity contribution in [3.8, 4) is 11.5 Å². The second-order valence-electron chi connectivity index (χ2n) is 5.63. The van der Waals surface area contributed by atoms with Gasteiger partial charge in [0.1, 0.15) is 11.5 Å². The minimum atomic E-state index is -3.80. The summed E-state index contributed by atoms with van der Waals surface area (Å²) in [5.74, 6) is 1.20. The maximum Gasteiger partial charge on any atom is 0.240 e. The number of benzene rings is 2. The predicted molar refractivity (Wildman–Crippen MR) is 93.8 cm³/mol. The Hall–Kier alpha value is -1.80. The molecule has 1 aliphatic rings. The summed E-state index contributed by atoms with van der Waals surface area (Å²) in [5, 5.41) is 10.5. The molecular weight excluding hydrogens is 366 g/mol. The van der Waals surface area contributed by atoms with E-state index in [9.17, 15) is 13.5 Å². The highest BCUT2D eigenvalue weighted by molar-refractivity contribution is 7.89. The van der Waals surface area contributed by atoms with E-state index in [0.717, 1.165) is 17.7 Å². The molecule has 2 N–H and O–H groups in total. The highest BCUT2D eigenvalue weighted by Gasteiger charge is 2.20. The van der Waals surface area contributed by atoms with E-state index in [1.165, 1.54) is 25.3 Å².